The summed E-state index contributed by atoms with van der Waals surface area (Å²) in [7, 11) is 0. The quantitative estimate of drug-likeness (QED) is 0.0548. The van der Waals surface area contributed by atoms with Gasteiger partial charge in [0.05, 0.1) is 17.3 Å². The predicted molar refractivity (Wildman–Crippen MR) is 188 cm³/mol. The van der Waals surface area contributed by atoms with Crippen LogP contribution in [0.15, 0.2) is 101 Å². The van der Waals surface area contributed by atoms with Crippen molar-refractivity contribution in [1.82, 2.24) is 19.6 Å². The van der Waals surface area contributed by atoms with E-state index < -0.39 is 17.7 Å². The Morgan fingerprint density at radius 3 is 2.52 bits per heavy atom. The van der Waals surface area contributed by atoms with E-state index in [1.165, 1.54) is 16.7 Å². The van der Waals surface area contributed by atoms with Gasteiger partial charge in [-0.2, -0.15) is 0 Å². The van der Waals surface area contributed by atoms with Crippen molar-refractivity contribution in [2.24, 2.45) is 0 Å². The number of hydrogen-bond donors (Lipinski definition) is 1. The van der Waals surface area contributed by atoms with Crippen LogP contribution >= 0.6 is 46.3 Å². The highest BCUT2D eigenvalue weighted by atomic mass is 35.5. The molecule has 0 saturated carbocycles. The first-order chi connectivity index (χ1) is 23.2. The Kier molecular flexibility index (Phi) is 8.69. The number of imidazole rings is 1. The molecule has 1 fully saturated rings. The van der Waals surface area contributed by atoms with Crippen LogP contribution in [0.5, 0.6) is 11.5 Å². The molecular formula is C35H25Cl2N5O4S2. The number of benzene rings is 3. The molecule has 1 amide bonds. The number of aliphatic hydroxyl groups is 1. The van der Waals surface area contributed by atoms with E-state index in [9.17, 15) is 14.7 Å². The summed E-state index contributed by atoms with van der Waals surface area (Å²) in [6.07, 6.45) is 1.83. The summed E-state index contributed by atoms with van der Waals surface area (Å²) in [4.78, 5) is 33.7. The number of halogens is 2. The van der Waals surface area contributed by atoms with Gasteiger partial charge in [0.1, 0.15) is 22.8 Å². The standard InChI is InChI=1S/C35H25Cl2N5O4S2/c1-19-8-7-15-41-20(2)28(38-32(19)41)30(43)27-29(21-9-6-12-25(16-21)46-24-10-4-3-5-11-24)42(33(45)31(27)44)34-39-40-35(48-34)47-18-22-13-14-23(36)17-26(22)37/h3-17,29,43H,18H2,1-2H3/b30-27+. The minimum atomic E-state index is -1.05. The fraction of sp³-hybridized carbons (Fsp3) is 0.114. The maximum Gasteiger partial charge on any atom is 0.301 e. The van der Waals surface area contributed by atoms with E-state index in [0.29, 0.717) is 48.5 Å². The summed E-state index contributed by atoms with van der Waals surface area (Å²) in [5, 5.41) is 21.7. The second-order valence-electron chi connectivity index (χ2n) is 11.0. The number of pyridine rings is 1. The van der Waals surface area contributed by atoms with Crippen LogP contribution in [-0.4, -0.2) is 36.4 Å². The van der Waals surface area contributed by atoms with Crippen LogP contribution in [0.2, 0.25) is 10.0 Å². The summed E-state index contributed by atoms with van der Waals surface area (Å²) >= 11 is 15.0. The van der Waals surface area contributed by atoms with Crippen molar-refractivity contribution in [2.45, 2.75) is 30.0 Å². The smallest absolute Gasteiger partial charge is 0.301 e. The van der Waals surface area contributed by atoms with E-state index in [1.54, 1.807) is 43.3 Å². The maximum absolute atomic E-state index is 13.9. The first-order valence-corrected chi connectivity index (χ1v) is 17.2. The van der Waals surface area contributed by atoms with Gasteiger partial charge in [-0.05, 0) is 73.0 Å². The molecule has 7 rings (SSSR count). The lowest BCUT2D eigenvalue weighted by Crippen LogP contribution is -2.29. The number of hydrogen-bond acceptors (Lipinski definition) is 9. The van der Waals surface area contributed by atoms with Crippen LogP contribution in [0.1, 0.15) is 34.1 Å². The highest BCUT2D eigenvalue weighted by Gasteiger charge is 2.49. The van der Waals surface area contributed by atoms with Crippen LogP contribution in [-0.2, 0) is 15.3 Å². The molecule has 1 atom stereocenters. The van der Waals surface area contributed by atoms with Gasteiger partial charge < -0.3 is 14.2 Å². The number of carbonyl (C=O) groups excluding carboxylic acids is 2. The third-order valence-electron chi connectivity index (χ3n) is 7.87. The maximum atomic E-state index is 13.9. The number of carbonyl (C=O) groups is 2. The number of aryl methyl sites for hydroxylation is 2. The Labute approximate surface area is 293 Å². The van der Waals surface area contributed by atoms with Crippen LogP contribution in [0, 0.1) is 13.8 Å². The van der Waals surface area contributed by atoms with Crippen LogP contribution in [0.4, 0.5) is 5.13 Å². The van der Waals surface area contributed by atoms with Crippen LogP contribution in [0.3, 0.4) is 0 Å². The monoisotopic (exact) mass is 713 g/mol. The minimum Gasteiger partial charge on any atom is -0.505 e. The highest BCUT2D eigenvalue weighted by Crippen LogP contribution is 2.45. The molecule has 1 saturated heterocycles. The molecule has 6 aromatic rings. The number of fused-ring (bicyclic) bond motifs is 1. The van der Waals surface area contributed by atoms with Crippen molar-refractivity contribution in [3.8, 4) is 11.5 Å². The van der Waals surface area contributed by atoms with E-state index in [1.807, 2.05) is 66.1 Å². The topological polar surface area (TPSA) is 110 Å². The summed E-state index contributed by atoms with van der Waals surface area (Å²) in [6.45, 7) is 3.71. The first-order valence-electron chi connectivity index (χ1n) is 14.7. The normalized spacial score (nSPS) is 15.8. The van der Waals surface area contributed by atoms with Gasteiger partial charge in [0.25, 0.3) is 5.78 Å². The summed E-state index contributed by atoms with van der Waals surface area (Å²) in [6, 6.07) is 24.3. The molecule has 240 valence electrons. The minimum absolute atomic E-state index is 0.113. The number of Topliss-reactive ketones (excluding diaryl/α,β-unsaturated/α-hetero) is 1. The molecule has 0 aliphatic carbocycles. The van der Waals surface area contributed by atoms with Crippen molar-refractivity contribution >= 4 is 74.5 Å². The van der Waals surface area contributed by atoms with Gasteiger partial charge in [0.15, 0.2) is 10.1 Å². The molecule has 0 spiro atoms. The Morgan fingerprint density at radius 1 is 0.958 bits per heavy atom. The molecule has 1 N–H and O–H groups in total. The molecule has 3 aromatic carbocycles. The Bertz CT molecular complexity index is 2250. The number of aliphatic hydroxyl groups excluding tert-OH is 1. The van der Waals surface area contributed by atoms with Gasteiger partial charge in [-0.25, -0.2) is 4.98 Å². The van der Waals surface area contributed by atoms with E-state index in [0.717, 1.165) is 22.5 Å². The number of anilines is 1. The lowest BCUT2D eigenvalue weighted by Gasteiger charge is -2.23. The molecular weight excluding hydrogens is 689 g/mol. The zero-order valence-electron chi connectivity index (χ0n) is 25.4. The number of thioether (sulfide) groups is 1. The number of ketones is 1. The van der Waals surface area contributed by atoms with Crippen molar-refractivity contribution in [3.63, 3.8) is 0 Å². The van der Waals surface area contributed by atoms with Gasteiger partial charge in [0, 0.05) is 22.0 Å². The molecule has 0 bridgehead atoms. The summed E-state index contributed by atoms with van der Waals surface area (Å²) in [5.41, 5.74) is 3.62. The van der Waals surface area contributed by atoms with E-state index in [4.69, 9.17) is 27.9 Å². The van der Waals surface area contributed by atoms with Crippen molar-refractivity contribution in [1.29, 1.82) is 0 Å². The average Bonchev–Trinajstić information content (AvgIpc) is 3.76. The third-order valence-corrected chi connectivity index (χ3v) is 10.6. The van der Waals surface area contributed by atoms with Crippen LogP contribution < -0.4 is 9.64 Å². The number of ether oxygens (including phenoxy) is 1. The Hall–Kier alpha value is -4.68. The van der Waals surface area contributed by atoms with Gasteiger partial charge in [-0.15, -0.1) is 10.2 Å². The highest BCUT2D eigenvalue weighted by molar-refractivity contribution is 8.00. The Balaban J connectivity index is 1.32. The zero-order valence-corrected chi connectivity index (χ0v) is 28.6. The zero-order chi connectivity index (χ0) is 33.5. The number of amides is 1. The number of aromatic nitrogens is 4. The lowest BCUT2D eigenvalue weighted by atomic mass is 9.96. The molecule has 9 nitrogen and oxygen atoms in total. The molecule has 48 heavy (non-hydrogen) atoms. The van der Waals surface area contributed by atoms with Crippen molar-refractivity contribution < 1.29 is 19.4 Å². The second-order valence-corrected chi connectivity index (χ2v) is 14.0. The molecule has 1 aliphatic heterocycles. The fourth-order valence-corrected chi connectivity index (χ4v) is 7.95. The second kappa shape index (κ2) is 13.1. The summed E-state index contributed by atoms with van der Waals surface area (Å²) in [5.74, 6) is -0.506. The molecule has 13 heteroatoms. The largest absolute Gasteiger partial charge is 0.505 e. The van der Waals surface area contributed by atoms with Crippen LogP contribution in [0.25, 0.3) is 11.4 Å². The summed E-state index contributed by atoms with van der Waals surface area (Å²) < 4.78 is 8.49. The lowest BCUT2D eigenvalue weighted by molar-refractivity contribution is -0.132. The molecule has 3 aromatic heterocycles. The first kappa shape index (κ1) is 31.9. The average molecular weight is 715 g/mol. The van der Waals surface area contributed by atoms with Crippen molar-refractivity contribution in [2.75, 3.05) is 4.90 Å². The number of nitrogens with zero attached hydrogens (tertiary/aromatic N) is 5. The predicted octanol–water partition coefficient (Wildman–Crippen LogP) is 8.82. The van der Waals surface area contributed by atoms with Gasteiger partial charge in [-0.3, -0.25) is 14.5 Å². The molecule has 1 aliphatic rings. The van der Waals surface area contributed by atoms with E-state index >= 15 is 0 Å². The molecule has 4 heterocycles. The van der Waals surface area contributed by atoms with E-state index in [2.05, 4.69) is 15.2 Å². The van der Waals surface area contributed by atoms with Gasteiger partial charge >= 0.3 is 5.91 Å². The van der Waals surface area contributed by atoms with Crippen molar-refractivity contribution in [3.05, 3.63) is 135 Å². The molecule has 0 radical (unpaired) electrons. The SMILES string of the molecule is Cc1cccn2c(C)c(/C(O)=C3\C(=O)C(=O)N(c4nnc(SCc5ccc(Cl)cc5Cl)s4)C3c3cccc(Oc4ccccc4)c3)nc12. The number of para-hydroxylation sites is 1. The van der Waals surface area contributed by atoms with Gasteiger partial charge in [0.2, 0.25) is 5.13 Å². The third kappa shape index (κ3) is 5.94. The fourth-order valence-electron chi connectivity index (χ4n) is 5.53. The van der Waals surface area contributed by atoms with Gasteiger partial charge in [-0.1, -0.05) is 88.8 Å². The van der Waals surface area contributed by atoms with E-state index in [-0.39, 0.29) is 22.2 Å². The Morgan fingerprint density at radius 2 is 1.75 bits per heavy atom. The molecule has 1 unspecified atom stereocenters. The number of rotatable bonds is 8.